The Bertz CT molecular complexity index is 729. The van der Waals surface area contributed by atoms with Crippen LogP contribution in [-0.4, -0.2) is 39.7 Å². The van der Waals surface area contributed by atoms with Crippen molar-refractivity contribution in [3.63, 3.8) is 0 Å². The highest BCUT2D eigenvalue weighted by molar-refractivity contribution is 5.85. The Morgan fingerprint density at radius 3 is 2.58 bits per heavy atom. The zero-order chi connectivity index (χ0) is 16.6. The molecule has 1 aliphatic rings. The van der Waals surface area contributed by atoms with Crippen LogP contribution in [0.1, 0.15) is 23.4 Å². The molecule has 0 aliphatic carbocycles. The number of likely N-dealkylation sites (tertiary alicyclic amines) is 1. The average Bonchev–Trinajstić information content (AvgIpc) is 3.07. The van der Waals surface area contributed by atoms with Crippen molar-refractivity contribution in [2.24, 2.45) is 5.73 Å². The van der Waals surface area contributed by atoms with Crippen LogP contribution >= 0.6 is 12.4 Å². The zero-order valence-electron chi connectivity index (χ0n) is 13.8. The molecule has 0 saturated carbocycles. The predicted molar refractivity (Wildman–Crippen MR) is 93.1 cm³/mol. The van der Waals surface area contributed by atoms with Crippen LogP contribution in [0.25, 0.3) is 5.69 Å². The molecule has 130 valence electrons. The Labute approximate surface area is 147 Å². The van der Waals surface area contributed by atoms with Gasteiger partial charge in [0.2, 0.25) is 5.91 Å². The van der Waals surface area contributed by atoms with Crippen LogP contribution in [0.4, 0.5) is 4.39 Å². The van der Waals surface area contributed by atoms with Crippen LogP contribution in [0.3, 0.4) is 0 Å². The first kappa shape index (κ1) is 18.4. The SMILES string of the molecule is Cc1nn(-c2ccc(F)cc2)c(C)c1CC(=O)N1CC[C@@H](N)C1.Cl. The van der Waals surface area contributed by atoms with Crippen molar-refractivity contribution in [1.82, 2.24) is 14.7 Å². The van der Waals surface area contributed by atoms with Crippen molar-refractivity contribution in [2.75, 3.05) is 13.1 Å². The number of hydrogen-bond acceptors (Lipinski definition) is 3. The summed E-state index contributed by atoms with van der Waals surface area (Å²) in [5.41, 5.74) is 9.31. The average molecular weight is 353 g/mol. The summed E-state index contributed by atoms with van der Waals surface area (Å²) in [7, 11) is 0. The molecule has 1 atom stereocenters. The lowest BCUT2D eigenvalue weighted by molar-refractivity contribution is -0.129. The molecule has 0 bridgehead atoms. The Balaban J connectivity index is 0.00000208. The summed E-state index contributed by atoms with van der Waals surface area (Å²) in [6.45, 7) is 5.18. The maximum Gasteiger partial charge on any atom is 0.227 e. The normalized spacial score (nSPS) is 17.0. The van der Waals surface area contributed by atoms with E-state index in [2.05, 4.69) is 5.10 Å². The van der Waals surface area contributed by atoms with Crippen LogP contribution in [-0.2, 0) is 11.2 Å². The lowest BCUT2D eigenvalue weighted by Gasteiger charge is -2.15. The van der Waals surface area contributed by atoms with Gasteiger partial charge in [-0.1, -0.05) is 0 Å². The van der Waals surface area contributed by atoms with Crippen molar-refractivity contribution in [3.05, 3.63) is 47.0 Å². The van der Waals surface area contributed by atoms with Crippen LogP contribution < -0.4 is 5.73 Å². The van der Waals surface area contributed by atoms with Gasteiger partial charge in [0.05, 0.1) is 17.8 Å². The lowest BCUT2D eigenvalue weighted by Crippen LogP contribution is -2.33. The Morgan fingerprint density at radius 2 is 2.00 bits per heavy atom. The first-order valence-electron chi connectivity index (χ1n) is 7.80. The fraction of sp³-hybridized carbons (Fsp3) is 0.412. The first-order valence-corrected chi connectivity index (χ1v) is 7.80. The molecule has 2 aromatic rings. The van der Waals surface area contributed by atoms with E-state index in [1.807, 2.05) is 18.7 Å². The van der Waals surface area contributed by atoms with Gasteiger partial charge >= 0.3 is 0 Å². The quantitative estimate of drug-likeness (QED) is 0.920. The summed E-state index contributed by atoms with van der Waals surface area (Å²) in [6, 6.07) is 6.26. The molecule has 1 amide bonds. The smallest absolute Gasteiger partial charge is 0.227 e. The Kier molecular flexibility index (Phi) is 5.62. The summed E-state index contributed by atoms with van der Waals surface area (Å²) in [5, 5.41) is 4.50. The van der Waals surface area contributed by atoms with Crippen molar-refractivity contribution in [3.8, 4) is 5.69 Å². The molecule has 0 unspecified atom stereocenters. The van der Waals surface area contributed by atoms with Gasteiger partial charge in [-0.25, -0.2) is 9.07 Å². The van der Waals surface area contributed by atoms with Gasteiger partial charge in [0.1, 0.15) is 5.82 Å². The maximum absolute atomic E-state index is 13.1. The number of carbonyl (C=O) groups excluding carboxylic acids is 1. The van der Waals surface area contributed by atoms with Gasteiger partial charge < -0.3 is 10.6 Å². The number of nitrogens with zero attached hydrogens (tertiary/aromatic N) is 3. The third-order valence-corrected chi connectivity index (χ3v) is 4.42. The molecule has 3 rings (SSSR count). The molecular weight excluding hydrogens is 331 g/mol. The Morgan fingerprint density at radius 1 is 1.33 bits per heavy atom. The zero-order valence-corrected chi connectivity index (χ0v) is 14.6. The van der Waals surface area contributed by atoms with E-state index in [-0.39, 0.29) is 30.2 Å². The molecule has 1 aliphatic heterocycles. The van der Waals surface area contributed by atoms with E-state index >= 15 is 0 Å². The molecular formula is C17H22ClFN4O. The van der Waals surface area contributed by atoms with Gasteiger partial charge in [-0.15, -0.1) is 12.4 Å². The molecule has 0 spiro atoms. The molecule has 5 nitrogen and oxygen atoms in total. The van der Waals surface area contributed by atoms with E-state index in [0.29, 0.717) is 13.0 Å². The summed E-state index contributed by atoms with van der Waals surface area (Å²) in [4.78, 5) is 14.3. The van der Waals surface area contributed by atoms with E-state index in [4.69, 9.17) is 5.73 Å². The van der Waals surface area contributed by atoms with Crippen molar-refractivity contribution in [1.29, 1.82) is 0 Å². The molecule has 1 aromatic heterocycles. The molecule has 0 radical (unpaired) electrons. The van der Waals surface area contributed by atoms with E-state index in [1.54, 1.807) is 16.8 Å². The fourth-order valence-electron chi connectivity index (χ4n) is 3.04. The monoisotopic (exact) mass is 352 g/mol. The highest BCUT2D eigenvalue weighted by Crippen LogP contribution is 2.20. The highest BCUT2D eigenvalue weighted by Gasteiger charge is 2.25. The highest BCUT2D eigenvalue weighted by atomic mass is 35.5. The van der Waals surface area contributed by atoms with Crippen LogP contribution in [0.15, 0.2) is 24.3 Å². The molecule has 1 saturated heterocycles. The number of nitrogens with two attached hydrogens (primary N) is 1. The van der Waals surface area contributed by atoms with Gasteiger partial charge in [0.25, 0.3) is 0 Å². The van der Waals surface area contributed by atoms with E-state index in [0.717, 1.165) is 35.6 Å². The minimum Gasteiger partial charge on any atom is -0.341 e. The number of halogens is 2. The largest absolute Gasteiger partial charge is 0.341 e. The molecule has 7 heteroatoms. The topological polar surface area (TPSA) is 64.2 Å². The van der Waals surface area contributed by atoms with Crippen LogP contribution in [0.5, 0.6) is 0 Å². The molecule has 24 heavy (non-hydrogen) atoms. The van der Waals surface area contributed by atoms with E-state index in [9.17, 15) is 9.18 Å². The number of carbonyl (C=O) groups is 1. The van der Waals surface area contributed by atoms with Gasteiger partial charge in [0.15, 0.2) is 0 Å². The fourth-order valence-corrected chi connectivity index (χ4v) is 3.04. The minimum absolute atomic E-state index is 0. The second kappa shape index (κ2) is 7.32. The third kappa shape index (κ3) is 3.60. The minimum atomic E-state index is -0.281. The van der Waals surface area contributed by atoms with Gasteiger partial charge in [-0.2, -0.15) is 5.10 Å². The van der Waals surface area contributed by atoms with Crippen molar-refractivity contribution in [2.45, 2.75) is 32.7 Å². The molecule has 1 aromatic carbocycles. The summed E-state index contributed by atoms with van der Waals surface area (Å²) in [6.07, 6.45) is 1.18. The number of benzene rings is 1. The van der Waals surface area contributed by atoms with Gasteiger partial charge in [-0.05, 0) is 44.5 Å². The summed E-state index contributed by atoms with van der Waals surface area (Å²) >= 11 is 0. The van der Waals surface area contributed by atoms with E-state index in [1.165, 1.54) is 12.1 Å². The molecule has 2 heterocycles. The van der Waals surface area contributed by atoms with Crippen molar-refractivity contribution >= 4 is 18.3 Å². The predicted octanol–water partition coefficient (Wildman–Crippen LogP) is 2.15. The number of aryl methyl sites for hydroxylation is 1. The molecule has 2 N–H and O–H groups in total. The number of rotatable bonds is 3. The maximum atomic E-state index is 13.1. The standard InChI is InChI=1S/C17H21FN4O.ClH/c1-11-16(9-17(23)21-8-7-14(19)10-21)12(2)22(20-11)15-5-3-13(18)4-6-15;/h3-6,14H,7-10,19H2,1-2H3;1H/t14-;/m1./s1. The number of aromatic nitrogens is 2. The second-order valence-corrected chi connectivity index (χ2v) is 6.10. The van der Waals surface area contributed by atoms with Crippen LogP contribution in [0.2, 0.25) is 0 Å². The van der Waals surface area contributed by atoms with Gasteiger partial charge in [0, 0.05) is 30.4 Å². The van der Waals surface area contributed by atoms with Gasteiger partial charge in [-0.3, -0.25) is 4.79 Å². The second-order valence-electron chi connectivity index (χ2n) is 6.10. The number of hydrogen-bond donors (Lipinski definition) is 1. The van der Waals surface area contributed by atoms with Crippen LogP contribution in [0, 0.1) is 19.7 Å². The third-order valence-electron chi connectivity index (χ3n) is 4.42. The Hall–Kier alpha value is -1.92. The molecule has 1 fully saturated rings. The summed E-state index contributed by atoms with van der Waals surface area (Å²) < 4.78 is 14.8. The first-order chi connectivity index (χ1) is 11.0. The van der Waals surface area contributed by atoms with Crippen molar-refractivity contribution < 1.29 is 9.18 Å². The number of amides is 1. The lowest BCUT2D eigenvalue weighted by atomic mass is 10.1. The van der Waals surface area contributed by atoms with E-state index < -0.39 is 0 Å². The summed E-state index contributed by atoms with van der Waals surface area (Å²) in [5.74, 6) is -0.195.